The molecule has 1 saturated heterocycles. The molecule has 1 fully saturated rings. The number of rotatable bonds is 3. The van der Waals surface area contributed by atoms with Gasteiger partial charge >= 0.3 is 0 Å². The van der Waals surface area contributed by atoms with Crippen LogP contribution in [-0.4, -0.2) is 38.3 Å². The van der Waals surface area contributed by atoms with Crippen LogP contribution < -0.4 is 0 Å². The van der Waals surface area contributed by atoms with Gasteiger partial charge in [0.15, 0.2) is 0 Å². The average molecular weight is 377 g/mol. The molecule has 3 heterocycles. The smallest absolute Gasteiger partial charge is 0.136 e. The van der Waals surface area contributed by atoms with Crippen LogP contribution in [-0.2, 0) is 18.4 Å². The fourth-order valence-corrected chi connectivity index (χ4v) is 4.03. The number of halogens is 1. The highest BCUT2D eigenvalue weighted by atomic mass is 79.9. The van der Waals surface area contributed by atoms with Gasteiger partial charge in [-0.15, -0.1) is 0 Å². The van der Waals surface area contributed by atoms with Crippen molar-refractivity contribution in [2.24, 2.45) is 18.1 Å². The van der Waals surface area contributed by atoms with Gasteiger partial charge in [-0.1, -0.05) is 11.2 Å². The van der Waals surface area contributed by atoms with Gasteiger partial charge in [0.25, 0.3) is 0 Å². The van der Waals surface area contributed by atoms with Crippen LogP contribution in [0.3, 0.4) is 0 Å². The van der Waals surface area contributed by atoms with Crippen molar-refractivity contribution in [2.45, 2.75) is 31.9 Å². The molecule has 0 bridgehead atoms. The van der Waals surface area contributed by atoms with E-state index in [1.165, 1.54) is 23.9 Å². The minimum absolute atomic E-state index is 0.275. The van der Waals surface area contributed by atoms with Crippen LogP contribution in [0.1, 0.15) is 24.8 Å². The lowest BCUT2D eigenvalue weighted by Crippen LogP contribution is -2.37. The second-order valence-electron chi connectivity index (χ2n) is 6.61. The number of benzene rings is 1. The lowest BCUT2D eigenvalue weighted by molar-refractivity contribution is 0.0127. The molecule has 0 amide bonds. The van der Waals surface area contributed by atoms with Crippen LogP contribution in [0, 0.1) is 5.92 Å². The highest BCUT2D eigenvalue weighted by Gasteiger charge is 2.31. The molecule has 4 rings (SSSR count). The van der Waals surface area contributed by atoms with E-state index >= 15 is 0 Å². The van der Waals surface area contributed by atoms with Crippen LogP contribution in [0.5, 0.6) is 0 Å². The summed E-state index contributed by atoms with van der Waals surface area (Å²) in [7, 11) is 2.05. The lowest BCUT2D eigenvalue weighted by Gasteiger charge is -2.33. The maximum Gasteiger partial charge on any atom is 0.136 e. The van der Waals surface area contributed by atoms with Crippen molar-refractivity contribution < 1.29 is 4.84 Å². The van der Waals surface area contributed by atoms with Crippen LogP contribution in [0.4, 0.5) is 0 Å². The molecule has 1 atom stereocenters. The summed E-state index contributed by atoms with van der Waals surface area (Å²) in [5.74, 6) is 0.629. The third-order valence-corrected chi connectivity index (χ3v) is 5.48. The topological polar surface area (TPSA) is 42.7 Å². The molecule has 0 spiro atoms. The summed E-state index contributed by atoms with van der Waals surface area (Å²) in [6.45, 7) is 3.27. The highest BCUT2D eigenvalue weighted by Crippen LogP contribution is 2.29. The van der Waals surface area contributed by atoms with E-state index in [0.717, 1.165) is 36.2 Å². The van der Waals surface area contributed by atoms with Crippen LogP contribution >= 0.6 is 15.9 Å². The third-order valence-electron chi connectivity index (χ3n) is 5.01. The fourth-order valence-electron chi connectivity index (χ4n) is 3.63. The average Bonchev–Trinajstić information content (AvgIpc) is 3.15. The van der Waals surface area contributed by atoms with E-state index in [-0.39, 0.29) is 6.10 Å². The number of fused-ring (bicyclic) bond motifs is 1. The molecule has 2 aliphatic rings. The summed E-state index contributed by atoms with van der Waals surface area (Å²) in [6, 6.07) is 6.59. The van der Waals surface area contributed by atoms with E-state index in [2.05, 4.69) is 53.7 Å². The number of hydrogen-bond donors (Lipinski definition) is 0. The largest absolute Gasteiger partial charge is 0.391 e. The van der Waals surface area contributed by atoms with Gasteiger partial charge in [0.2, 0.25) is 0 Å². The number of imidazole rings is 1. The standard InChI is InChI=1S/C17H21BrN4O/c1-21-11-19-14-3-2-12(8-15(14)21)10-22-6-4-13(5-7-22)16-9-17(18)20-23-16/h2-3,8,11,13,16H,4-7,9-10H2,1H3/t16-/m1/s1. The minimum atomic E-state index is 0.275. The summed E-state index contributed by atoms with van der Waals surface area (Å²) < 4.78 is 3.04. The molecule has 6 heteroatoms. The Morgan fingerprint density at radius 3 is 2.87 bits per heavy atom. The zero-order valence-electron chi connectivity index (χ0n) is 13.3. The minimum Gasteiger partial charge on any atom is -0.391 e. The monoisotopic (exact) mass is 376 g/mol. The van der Waals surface area contributed by atoms with Crippen molar-refractivity contribution in [1.29, 1.82) is 0 Å². The molecule has 5 nitrogen and oxygen atoms in total. The molecule has 0 unspecified atom stereocenters. The normalized spacial score (nSPS) is 23.2. The summed E-state index contributed by atoms with van der Waals surface area (Å²) >= 11 is 3.43. The number of hydrogen-bond acceptors (Lipinski definition) is 4. The quantitative estimate of drug-likeness (QED) is 0.825. The zero-order valence-corrected chi connectivity index (χ0v) is 14.9. The van der Waals surface area contributed by atoms with E-state index < -0.39 is 0 Å². The molecule has 2 aliphatic heterocycles. The molecule has 0 aliphatic carbocycles. The van der Waals surface area contributed by atoms with Crippen molar-refractivity contribution in [3.8, 4) is 0 Å². The summed E-state index contributed by atoms with van der Waals surface area (Å²) in [5.41, 5.74) is 3.64. The molecule has 122 valence electrons. The van der Waals surface area contributed by atoms with Crippen molar-refractivity contribution >= 4 is 31.6 Å². The summed E-state index contributed by atoms with van der Waals surface area (Å²) in [4.78, 5) is 12.5. The number of likely N-dealkylation sites (tertiary alicyclic amines) is 1. The first-order valence-electron chi connectivity index (χ1n) is 8.19. The van der Waals surface area contributed by atoms with E-state index in [4.69, 9.17) is 4.84 Å². The molecule has 0 radical (unpaired) electrons. The van der Waals surface area contributed by atoms with Crippen LogP contribution in [0.15, 0.2) is 29.7 Å². The maximum absolute atomic E-state index is 5.52. The Hall–Kier alpha value is -1.40. The first kappa shape index (κ1) is 15.1. The first-order valence-corrected chi connectivity index (χ1v) is 8.99. The molecule has 2 aromatic rings. The van der Waals surface area contributed by atoms with Gasteiger partial charge in [-0.2, -0.15) is 0 Å². The lowest BCUT2D eigenvalue weighted by atomic mass is 9.90. The van der Waals surface area contributed by atoms with Crippen molar-refractivity contribution in [1.82, 2.24) is 14.5 Å². The van der Waals surface area contributed by atoms with Gasteiger partial charge in [-0.25, -0.2) is 4.98 Å². The molecular weight excluding hydrogens is 356 g/mol. The molecular formula is C17H21BrN4O. The predicted molar refractivity (Wildman–Crippen MR) is 94.6 cm³/mol. The SMILES string of the molecule is Cn1cnc2ccc(CN3CCC([C@H]4CC(Br)=NO4)CC3)cc21. The summed E-state index contributed by atoms with van der Waals surface area (Å²) in [5, 5.41) is 4.02. The molecule has 1 aromatic carbocycles. The van der Waals surface area contributed by atoms with Gasteiger partial charge in [0.1, 0.15) is 10.7 Å². The molecule has 0 N–H and O–H groups in total. The maximum atomic E-state index is 5.52. The van der Waals surface area contributed by atoms with Gasteiger partial charge in [0, 0.05) is 25.9 Å². The Labute approximate surface area is 144 Å². The van der Waals surface area contributed by atoms with E-state index in [9.17, 15) is 0 Å². The van der Waals surface area contributed by atoms with E-state index in [1.54, 1.807) is 0 Å². The number of nitrogens with zero attached hydrogens (tertiary/aromatic N) is 4. The van der Waals surface area contributed by atoms with Crippen molar-refractivity contribution in [2.75, 3.05) is 13.1 Å². The fraction of sp³-hybridized carbons (Fsp3) is 0.529. The first-order chi connectivity index (χ1) is 11.2. The van der Waals surface area contributed by atoms with Crippen LogP contribution in [0.25, 0.3) is 11.0 Å². The molecule has 23 heavy (non-hydrogen) atoms. The van der Waals surface area contributed by atoms with Crippen molar-refractivity contribution in [3.63, 3.8) is 0 Å². The Bertz CT molecular complexity index is 733. The number of aryl methyl sites for hydroxylation is 1. The Kier molecular flexibility index (Phi) is 4.11. The highest BCUT2D eigenvalue weighted by molar-refractivity contribution is 9.18. The summed E-state index contributed by atoms with van der Waals surface area (Å²) in [6.07, 6.45) is 5.46. The van der Waals surface area contributed by atoms with Crippen molar-refractivity contribution in [3.05, 3.63) is 30.1 Å². The number of piperidine rings is 1. The molecule has 0 saturated carbocycles. The Morgan fingerprint density at radius 1 is 1.30 bits per heavy atom. The van der Waals surface area contributed by atoms with Gasteiger partial charge in [-0.05, 0) is 59.6 Å². The number of oxime groups is 1. The van der Waals surface area contributed by atoms with E-state index in [0.29, 0.717) is 5.92 Å². The zero-order chi connectivity index (χ0) is 15.8. The predicted octanol–water partition coefficient (Wildman–Crippen LogP) is 3.28. The second-order valence-corrected chi connectivity index (χ2v) is 7.52. The van der Waals surface area contributed by atoms with Gasteiger partial charge < -0.3 is 9.40 Å². The third kappa shape index (κ3) is 3.15. The van der Waals surface area contributed by atoms with Gasteiger partial charge in [-0.3, -0.25) is 4.90 Å². The van der Waals surface area contributed by atoms with Crippen LogP contribution in [0.2, 0.25) is 0 Å². The molecule has 1 aromatic heterocycles. The Balaban J connectivity index is 1.36. The second kappa shape index (κ2) is 6.24. The van der Waals surface area contributed by atoms with E-state index in [1.807, 2.05) is 13.4 Å². The number of aromatic nitrogens is 2. The Morgan fingerprint density at radius 2 is 2.13 bits per heavy atom. The van der Waals surface area contributed by atoms with Gasteiger partial charge in [0.05, 0.1) is 17.4 Å².